The van der Waals surface area contributed by atoms with E-state index in [0.717, 1.165) is 24.0 Å². The summed E-state index contributed by atoms with van der Waals surface area (Å²) in [5, 5.41) is 9.54. The molecule has 0 amide bonds. The molecule has 0 fully saturated rings. The number of halogens is 1. The van der Waals surface area contributed by atoms with Gasteiger partial charge in [0, 0.05) is 0 Å². The van der Waals surface area contributed by atoms with Crippen LogP contribution < -0.4 is 21.5 Å². The van der Waals surface area contributed by atoms with Crippen LogP contribution in [0.25, 0.3) is 0 Å². The average Bonchev–Trinajstić information content (AvgIpc) is 3.04. The maximum absolute atomic E-state index is 9.54. The molecule has 0 bridgehead atoms. The number of nitriles is 1. The summed E-state index contributed by atoms with van der Waals surface area (Å²) in [6.07, 6.45) is 4.47. The van der Waals surface area contributed by atoms with Crippen LogP contribution in [0.3, 0.4) is 0 Å². The van der Waals surface area contributed by atoms with Crippen molar-refractivity contribution in [2.75, 3.05) is 0 Å². The van der Waals surface area contributed by atoms with Crippen molar-refractivity contribution in [1.29, 1.82) is 5.26 Å². The van der Waals surface area contributed by atoms with Gasteiger partial charge in [-0.1, -0.05) is 0 Å². The van der Waals surface area contributed by atoms with E-state index in [2.05, 4.69) is 62.9 Å². The third-order valence-corrected chi connectivity index (χ3v) is 8.84. The normalized spacial score (nSPS) is 32.1. The van der Waals surface area contributed by atoms with E-state index in [1.807, 2.05) is 0 Å². The average molecular weight is 427 g/mol. The predicted octanol–water partition coefficient (Wildman–Crippen LogP) is 1.82. The summed E-state index contributed by atoms with van der Waals surface area (Å²) >= 11 is -0.355. The number of hydrogen-bond acceptors (Lipinski definition) is 2. The van der Waals surface area contributed by atoms with E-state index in [-0.39, 0.29) is 26.9 Å². The second-order valence-electron chi connectivity index (χ2n) is 7.09. The predicted molar refractivity (Wildman–Crippen MR) is 92.8 cm³/mol. The molecular weight excluding hydrogens is 407 g/mol. The third kappa shape index (κ3) is 2.16. The van der Waals surface area contributed by atoms with Crippen molar-refractivity contribution in [3.8, 4) is 6.07 Å². The Balaban J connectivity index is 1.83. The number of rotatable bonds is 1. The Bertz CT molecular complexity index is 854. The van der Waals surface area contributed by atoms with Gasteiger partial charge in [0.15, 0.2) is 0 Å². The van der Waals surface area contributed by atoms with Crippen molar-refractivity contribution >= 4 is 5.71 Å². The van der Waals surface area contributed by atoms with Crippen LogP contribution in [0.4, 0.5) is 0 Å². The molecule has 24 heavy (non-hydrogen) atoms. The third-order valence-electron chi connectivity index (χ3n) is 5.82. The molecule has 1 aliphatic heterocycles. The van der Waals surface area contributed by atoms with Crippen LogP contribution in [-0.2, 0) is 0 Å². The molecule has 3 atom stereocenters. The molecule has 3 heteroatoms. The summed E-state index contributed by atoms with van der Waals surface area (Å²) in [5.41, 5.74) is 5.69. The first-order chi connectivity index (χ1) is 11.6. The molecule has 0 saturated carbocycles. The van der Waals surface area contributed by atoms with Crippen LogP contribution >= 0.6 is 0 Å². The number of fused-ring (bicyclic) bond motifs is 2. The first kappa shape index (κ1) is 15.8. The van der Waals surface area contributed by atoms with Gasteiger partial charge in [-0.2, -0.15) is 0 Å². The van der Waals surface area contributed by atoms with Crippen LogP contribution in [0.5, 0.6) is 0 Å². The summed E-state index contributed by atoms with van der Waals surface area (Å²) in [5.74, 6) is 0.916. The topological polar surface area (TPSA) is 36.1 Å². The summed E-state index contributed by atoms with van der Waals surface area (Å²) in [7, 11) is 0. The zero-order valence-electron chi connectivity index (χ0n) is 14.0. The summed E-state index contributed by atoms with van der Waals surface area (Å²) in [6, 6.07) is 12.9. The first-order valence-electron chi connectivity index (χ1n) is 8.40. The van der Waals surface area contributed by atoms with Crippen LogP contribution in [0.2, 0.25) is 0 Å². The molecule has 1 aromatic carbocycles. The SMILES string of the molecule is C=C1C(C#N)=C[C@@]2(C)C3=C(CC[C@@H]2[C@H]1C)C(c1ccccc1)=N[I-]3. The fourth-order valence-corrected chi connectivity index (χ4v) is 7.38. The van der Waals surface area contributed by atoms with Gasteiger partial charge in [-0.25, -0.2) is 0 Å². The Morgan fingerprint density at radius 2 is 2.08 bits per heavy atom. The Hall–Kier alpha value is -1.67. The van der Waals surface area contributed by atoms with Crippen LogP contribution in [0.1, 0.15) is 32.3 Å². The van der Waals surface area contributed by atoms with Crippen LogP contribution in [0, 0.1) is 28.6 Å². The van der Waals surface area contributed by atoms with Gasteiger partial charge < -0.3 is 0 Å². The summed E-state index contributed by atoms with van der Waals surface area (Å²) in [6.45, 7) is 8.76. The molecule has 0 N–H and O–H groups in total. The van der Waals surface area contributed by atoms with Gasteiger partial charge in [0.1, 0.15) is 0 Å². The van der Waals surface area contributed by atoms with Crippen molar-refractivity contribution in [1.82, 2.24) is 0 Å². The Labute approximate surface area is 154 Å². The number of nitrogens with zero attached hydrogens (tertiary/aromatic N) is 2. The minimum atomic E-state index is -0.355. The molecule has 2 nitrogen and oxygen atoms in total. The van der Waals surface area contributed by atoms with E-state index in [0.29, 0.717) is 11.8 Å². The van der Waals surface area contributed by atoms with E-state index in [4.69, 9.17) is 3.21 Å². The molecule has 0 spiro atoms. The molecule has 0 unspecified atom stereocenters. The Kier molecular flexibility index (Phi) is 3.76. The van der Waals surface area contributed by atoms with Gasteiger partial charge in [0.05, 0.1) is 0 Å². The molecule has 3 aliphatic rings. The monoisotopic (exact) mass is 427 g/mol. The van der Waals surface area contributed by atoms with Crippen molar-refractivity contribution in [3.05, 3.63) is 68.8 Å². The summed E-state index contributed by atoms with van der Waals surface area (Å²) < 4.78 is 6.53. The van der Waals surface area contributed by atoms with Crippen molar-refractivity contribution in [2.45, 2.75) is 26.7 Å². The fourth-order valence-electron chi connectivity index (χ4n) is 4.44. The minimum absolute atomic E-state index is 0.0213. The standard InChI is InChI=1S/C21H20IN2/c1-13-14(2)18-10-9-17-19(15-7-5-4-6-8-15)24-22-20(17)21(18,3)11-16(13)12-23/h4-8,11,14,18H,1,9-10H2,2-3H3/q-1/t14-,18+,21+/m0/s1. The van der Waals surface area contributed by atoms with Gasteiger partial charge in [0.2, 0.25) is 0 Å². The number of benzene rings is 1. The van der Waals surface area contributed by atoms with Gasteiger partial charge in [-0.15, -0.1) is 0 Å². The van der Waals surface area contributed by atoms with Gasteiger partial charge in [-0.05, 0) is 0 Å². The molecule has 1 aromatic rings. The van der Waals surface area contributed by atoms with Crippen molar-refractivity contribution in [2.24, 2.45) is 20.5 Å². The van der Waals surface area contributed by atoms with Crippen LogP contribution in [-0.4, -0.2) is 5.71 Å². The summed E-state index contributed by atoms with van der Waals surface area (Å²) in [4.78, 5) is 0. The fraction of sp³-hybridized carbons (Fsp3) is 0.333. The number of allylic oxidation sites excluding steroid dienone is 5. The zero-order chi connectivity index (χ0) is 16.9. The van der Waals surface area contributed by atoms with E-state index < -0.39 is 0 Å². The molecule has 0 radical (unpaired) electrons. The quantitative estimate of drug-likeness (QED) is 0.630. The molecule has 2 aliphatic carbocycles. The maximum atomic E-state index is 9.54. The first-order valence-corrected chi connectivity index (χ1v) is 10.4. The molecular formula is C21H20IN2-. The van der Waals surface area contributed by atoms with Gasteiger partial charge in [-0.3, -0.25) is 0 Å². The van der Waals surface area contributed by atoms with E-state index in [1.54, 1.807) is 0 Å². The van der Waals surface area contributed by atoms with E-state index in [1.165, 1.54) is 20.4 Å². The Morgan fingerprint density at radius 3 is 2.79 bits per heavy atom. The van der Waals surface area contributed by atoms with Gasteiger partial charge >= 0.3 is 155 Å². The van der Waals surface area contributed by atoms with Crippen molar-refractivity contribution < 1.29 is 21.5 Å². The molecule has 1 heterocycles. The van der Waals surface area contributed by atoms with E-state index in [9.17, 15) is 5.26 Å². The second-order valence-corrected chi connectivity index (χ2v) is 9.13. The van der Waals surface area contributed by atoms with Crippen LogP contribution in [0.15, 0.2) is 66.5 Å². The molecule has 0 aromatic heterocycles. The molecule has 122 valence electrons. The van der Waals surface area contributed by atoms with Gasteiger partial charge in [0.25, 0.3) is 0 Å². The second kappa shape index (κ2) is 5.70. The zero-order valence-corrected chi connectivity index (χ0v) is 16.2. The number of hydrogen-bond donors (Lipinski definition) is 0. The van der Waals surface area contributed by atoms with E-state index >= 15 is 0 Å². The molecule has 0 saturated heterocycles. The molecule has 4 rings (SSSR count). The Morgan fingerprint density at radius 1 is 1.33 bits per heavy atom. The van der Waals surface area contributed by atoms with Crippen molar-refractivity contribution in [3.63, 3.8) is 0 Å².